The van der Waals surface area contributed by atoms with Crippen molar-refractivity contribution < 1.29 is 31.9 Å². The highest BCUT2D eigenvalue weighted by atomic mass is 19.3. The molecule has 1 unspecified atom stereocenters. The molecule has 0 spiro atoms. The van der Waals surface area contributed by atoms with Gasteiger partial charge in [0.05, 0.1) is 31.5 Å². The van der Waals surface area contributed by atoms with Gasteiger partial charge in [-0.3, -0.25) is 14.7 Å². The summed E-state index contributed by atoms with van der Waals surface area (Å²) in [5.41, 5.74) is 2.14. The first kappa shape index (κ1) is 21.8. The summed E-state index contributed by atoms with van der Waals surface area (Å²) in [6.45, 7) is 0.152. The number of alkyl halides is 2. The standard InChI is InChI=1S/C18H19F4N7O3/c19-13-7-11(28-10-12(32-18(28)31)9-27-4-1-23-25-27)8-14(20)15(13)26-3-2-24-29(6-5-26)17(30)16(21)22/h1,4,7-8,12,16,24H,2-3,5-6,9-10H2. The number of rotatable bonds is 5. The zero-order valence-corrected chi connectivity index (χ0v) is 16.6. The van der Waals surface area contributed by atoms with E-state index in [9.17, 15) is 27.2 Å². The second kappa shape index (κ2) is 8.98. The van der Waals surface area contributed by atoms with Crippen molar-refractivity contribution in [3.63, 3.8) is 0 Å². The van der Waals surface area contributed by atoms with Crippen LogP contribution in [-0.4, -0.2) is 77.3 Å². The molecule has 0 radical (unpaired) electrons. The summed E-state index contributed by atoms with van der Waals surface area (Å²) in [7, 11) is 0. The molecule has 2 aromatic rings. The van der Waals surface area contributed by atoms with Crippen LogP contribution in [0, 0.1) is 11.6 Å². The maximum absolute atomic E-state index is 14.9. The average Bonchev–Trinajstić information content (AvgIpc) is 3.31. The van der Waals surface area contributed by atoms with Gasteiger partial charge in [0, 0.05) is 38.0 Å². The normalized spacial score (nSPS) is 19.5. The summed E-state index contributed by atoms with van der Waals surface area (Å²) in [6, 6.07) is 2.02. The quantitative estimate of drug-likeness (QED) is 0.670. The van der Waals surface area contributed by atoms with E-state index in [4.69, 9.17) is 4.74 Å². The summed E-state index contributed by atoms with van der Waals surface area (Å²) in [4.78, 5) is 26.1. The lowest BCUT2D eigenvalue weighted by Gasteiger charge is -2.25. The van der Waals surface area contributed by atoms with Crippen LogP contribution in [0.1, 0.15) is 0 Å². The van der Waals surface area contributed by atoms with Gasteiger partial charge in [0.1, 0.15) is 11.8 Å². The molecule has 1 N–H and O–H groups in total. The molecule has 2 amide bonds. The summed E-state index contributed by atoms with van der Waals surface area (Å²) in [5, 5.41) is 8.19. The molecule has 172 valence electrons. The molecule has 2 aliphatic heterocycles. The van der Waals surface area contributed by atoms with Crippen LogP contribution in [0.5, 0.6) is 0 Å². The van der Waals surface area contributed by atoms with E-state index >= 15 is 0 Å². The zero-order chi connectivity index (χ0) is 22.8. The number of anilines is 2. The molecule has 1 atom stereocenters. The fourth-order valence-corrected chi connectivity index (χ4v) is 3.64. The predicted molar refractivity (Wildman–Crippen MR) is 102 cm³/mol. The van der Waals surface area contributed by atoms with Crippen LogP contribution in [0.4, 0.5) is 33.7 Å². The van der Waals surface area contributed by atoms with Crippen LogP contribution in [0.3, 0.4) is 0 Å². The number of hydrazine groups is 1. The second-order valence-electron chi connectivity index (χ2n) is 7.19. The topological polar surface area (TPSA) is 95.8 Å². The molecular formula is C18H19F4N7O3. The number of amides is 2. The molecule has 2 fully saturated rings. The Bertz CT molecular complexity index is 968. The van der Waals surface area contributed by atoms with E-state index in [0.717, 1.165) is 22.0 Å². The predicted octanol–water partition coefficient (Wildman–Crippen LogP) is 1.00. The number of carbonyl (C=O) groups is 2. The summed E-state index contributed by atoms with van der Waals surface area (Å²) >= 11 is 0. The highest BCUT2D eigenvalue weighted by molar-refractivity contribution is 5.90. The lowest BCUT2D eigenvalue weighted by molar-refractivity contribution is -0.145. The smallest absolute Gasteiger partial charge is 0.414 e. The van der Waals surface area contributed by atoms with Gasteiger partial charge < -0.3 is 9.64 Å². The van der Waals surface area contributed by atoms with E-state index in [1.54, 1.807) is 6.20 Å². The zero-order valence-electron chi connectivity index (χ0n) is 16.6. The maximum Gasteiger partial charge on any atom is 0.414 e. The molecule has 14 heteroatoms. The third kappa shape index (κ3) is 4.44. The van der Waals surface area contributed by atoms with Crippen molar-refractivity contribution >= 4 is 23.4 Å². The van der Waals surface area contributed by atoms with E-state index in [-0.39, 0.29) is 50.6 Å². The molecule has 1 aromatic heterocycles. The van der Waals surface area contributed by atoms with E-state index in [1.807, 2.05) is 0 Å². The molecule has 0 bridgehead atoms. The minimum absolute atomic E-state index is 0.0164. The molecule has 2 aliphatic rings. The lowest BCUT2D eigenvalue weighted by Crippen LogP contribution is -2.46. The molecular weight excluding hydrogens is 438 g/mol. The molecule has 1 aromatic carbocycles. The third-order valence-electron chi connectivity index (χ3n) is 5.10. The van der Waals surface area contributed by atoms with Gasteiger partial charge in [-0.05, 0) is 0 Å². The van der Waals surface area contributed by atoms with Crippen molar-refractivity contribution in [3.8, 4) is 0 Å². The van der Waals surface area contributed by atoms with E-state index in [2.05, 4.69) is 15.7 Å². The van der Waals surface area contributed by atoms with Crippen LogP contribution in [-0.2, 0) is 16.1 Å². The van der Waals surface area contributed by atoms with Crippen LogP contribution >= 0.6 is 0 Å². The average molecular weight is 457 g/mol. The Kier molecular flexibility index (Phi) is 6.12. The van der Waals surface area contributed by atoms with Gasteiger partial charge in [-0.15, -0.1) is 5.10 Å². The highest BCUT2D eigenvalue weighted by Gasteiger charge is 2.34. The van der Waals surface area contributed by atoms with Crippen molar-refractivity contribution in [1.29, 1.82) is 0 Å². The van der Waals surface area contributed by atoms with Crippen LogP contribution in [0.15, 0.2) is 24.5 Å². The molecule has 10 nitrogen and oxygen atoms in total. The van der Waals surface area contributed by atoms with Crippen molar-refractivity contribution in [2.75, 3.05) is 42.5 Å². The molecule has 4 rings (SSSR count). The van der Waals surface area contributed by atoms with Crippen molar-refractivity contribution in [3.05, 3.63) is 36.2 Å². The van der Waals surface area contributed by atoms with E-state index in [1.165, 1.54) is 15.8 Å². The van der Waals surface area contributed by atoms with Crippen molar-refractivity contribution in [1.82, 2.24) is 25.4 Å². The first-order chi connectivity index (χ1) is 15.3. The number of carbonyl (C=O) groups excluding carboxylic acids is 2. The summed E-state index contributed by atoms with van der Waals surface area (Å²) in [5.74, 6) is -3.27. The number of ether oxygens (including phenoxy) is 1. The van der Waals surface area contributed by atoms with Gasteiger partial charge in [0.15, 0.2) is 11.6 Å². The van der Waals surface area contributed by atoms with Gasteiger partial charge in [-0.2, -0.15) is 8.78 Å². The SMILES string of the molecule is O=C(C(F)F)N1CCN(c2c(F)cc(N3CC(Cn4ccnn4)OC3=O)cc2F)CCN1. The van der Waals surface area contributed by atoms with Crippen molar-refractivity contribution in [2.24, 2.45) is 0 Å². The van der Waals surface area contributed by atoms with Gasteiger partial charge in [0.25, 0.3) is 0 Å². The van der Waals surface area contributed by atoms with Crippen LogP contribution < -0.4 is 15.2 Å². The fraction of sp³-hybridized carbons (Fsp3) is 0.444. The maximum atomic E-state index is 14.9. The number of hydrogen-bond acceptors (Lipinski definition) is 7. The Morgan fingerprint density at radius 2 is 1.97 bits per heavy atom. The fourth-order valence-electron chi connectivity index (χ4n) is 3.64. The van der Waals surface area contributed by atoms with Gasteiger partial charge >= 0.3 is 18.4 Å². The van der Waals surface area contributed by atoms with Crippen LogP contribution in [0.25, 0.3) is 0 Å². The summed E-state index contributed by atoms with van der Waals surface area (Å²) < 4.78 is 61.8. The molecule has 0 aliphatic carbocycles. The largest absolute Gasteiger partial charge is 0.442 e. The van der Waals surface area contributed by atoms with Gasteiger partial charge in [-0.25, -0.2) is 23.7 Å². The number of nitrogens with zero attached hydrogens (tertiary/aromatic N) is 6. The Labute approximate surface area is 179 Å². The highest BCUT2D eigenvalue weighted by Crippen LogP contribution is 2.31. The number of benzene rings is 1. The third-order valence-corrected chi connectivity index (χ3v) is 5.10. The summed E-state index contributed by atoms with van der Waals surface area (Å²) in [6.07, 6.45) is -1.45. The molecule has 3 heterocycles. The number of hydrogen-bond donors (Lipinski definition) is 1. The van der Waals surface area contributed by atoms with Gasteiger partial charge in [0.2, 0.25) is 0 Å². The number of aromatic nitrogens is 3. The monoisotopic (exact) mass is 457 g/mol. The minimum atomic E-state index is -3.18. The number of cyclic esters (lactones) is 1. The van der Waals surface area contributed by atoms with Crippen molar-refractivity contribution in [2.45, 2.75) is 19.1 Å². The Balaban J connectivity index is 1.47. The molecule has 32 heavy (non-hydrogen) atoms. The van der Waals surface area contributed by atoms with Crippen LogP contribution in [0.2, 0.25) is 0 Å². The van der Waals surface area contributed by atoms with E-state index < -0.39 is 36.2 Å². The molecule has 0 saturated carbocycles. The number of nitrogens with one attached hydrogen (secondary N) is 1. The lowest BCUT2D eigenvalue weighted by atomic mass is 10.2. The molecule has 2 saturated heterocycles. The Morgan fingerprint density at radius 1 is 1.22 bits per heavy atom. The second-order valence-corrected chi connectivity index (χ2v) is 7.19. The Morgan fingerprint density at radius 3 is 2.62 bits per heavy atom. The minimum Gasteiger partial charge on any atom is -0.442 e. The Hall–Kier alpha value is -3.42. The first-order valence-electron chi connectivity index (χ1n) is 9.72. The number of halogens is 4. The van der Waals surface area contributed by atoms with E-state index in [0.29, 0.717) is 0 Å². The first-order valence-corrected chi connectivity index (χ1v) is 9.72. The van der Waals surface area contributed by atoms with Gasteiger partial charge in [-0.1, -0.05) is 5.21 Å².